The fraction of sp³-hybridized carbons (Fsp3) is 0.310. The lowest BCUT2D eigenvalue weighted by Gasteiger charge is -2.26. The molecule has 0 amide bonds. The number of unbranched alkanes of at least 4 members (excludes halogenated alkanes) is 1. The molecule has 2 aromatic carbocycles. The van der Waals surface area contributed by atoms with Crippen LogP contribution in [0.3, 0.4) is 0 Å². The van der Waals surface area contributed by atoms with E-state index in [1.54, 1.807) is 0 Å². The normalized spacial score (nSPS) is 16.2. The van der Waals surface area contributed by atoms with Gasteiger partial charge < -0.3 is 9.55 Å². The second kappa shape index (κ2) is 7.87. The molecule has 0 saturated heterocycles. The highest BCUT2D eigenvalue weighted by molar-refractivity contribution is 6.59. The minimum Gasteiger partial charge on any atom is -0.355 e. The average Bonchev–Trinajstić information content (AvgIpc) is 3.25. The van der Waals surface area contributed by atoms with Gasteiger partial charge in [-0.2, -0.15) is 0 Å². The quantitative estimate of drug-likeness (QED) is 0.463. The number of aromatic amines is 1. The van der Waals surface area contributed by atoms with Crippen LogP contribution in [-0.2, 0) is 22.6 Å². The number of rotatable bonds is 5. The van der Waals surface area contributed by atoms with Crippen LogP contribution in [0.5, 0.6) is 0 Å². The van der Waals surface area contributed by atoms with E-state index in [9.17, 15) is 9.59 Å². The summed E-state index contributed by atoms with van der Waals surface area (Å²) in [4.78, 5) is 30.5. The van der Waals surface area contributed by atoms with E-state index in [0.29, 0.717) is 16.1 Å². The van der Waals surface area contributed by atoms with E-state index in [-0.39, 0.29) is 11.6 Å². The maximum atomic E-state index is 13.6. The fourth-order valence-electron chi connectivity index (χ4n) is 5.35. The van der Waals surface area contributed by atoms with Gasteiger partial charge in [0.2, 0.25) is 0 Å². The number of H-pyrrole nitrogens is 1. The maximum Gasteiger partial charge on any atom is 0.182 e. The Labute approximate surface area is 193 Å². The predicted octanol–water partition coefficient (Wildman–Crippen LogP) is 4.60. The molecule has 0 atom stereocenters. The van der Waals surface area contributed by atoms with Gasteiger partial charge in [-0.05, 0) is 62.1 Å². The van der Waals surface area contributed by atoms with E-state index in [1.807, 2.05) is 25.1 Å². The van der Waals surface area contributed by atoms with Crippen LogP contribution in [0.4, 0.5) is 0 Å². The molecule has 1 aliphatic rings. The molecule has 2 heterocycles. The summed E-state index contributed by atoms with van der Waals surface area (Å²) in [6.07, 6.45) is 3.06. The summed E-state index contributed by atoms with van der Waals surface area (Å²) < 4.78 is 2.29. The summed E-state index contributed by atoms with van der Waals surface area (Å²) >= 11 is 0. The molecular formula is C29H30N2O2. The first-order chi connectivity index (χ1) is 15.9. The summed E-state index contributed by atoms with van der Waals surface area (Å²) in [7, 11) is 0. The third-order valence-corrected chi connectivity index (χ3v) is 7.17. The zero-order valence-corrected chi connectivity index (χ0v) is 19.8. The zero-order chi connectivity index (χ0) is 23.4. The van der Waals surface area contributed by atoms with Crippen molar-refractivity contribution in [1.29, 1.82) is 0 Å². The molecule has 0 aliphatic heterocycles. The molecule has 0 radical (unpaired) electrons. The lowest BCUT2D eigenvalue weighted by molar-refractivity contribution is -0.129. The Morgan fingerprint density at radius 1 is 1.00 bits per heavy atom. The van der Waals surface area contributed by atoms with Crippen molar-refractivity contribution in [1.82, 2.24) is 9.55 Å². The molecule has 4 heteroatoms. The first-order valence-electron chi connectivity index (χ1n) is 11.9. The zero-order valence-electron chi connectivity index (χ0n) is 19.8. The van der Waals surface area contributed by atoms with Crippen molar-refractivity contribution in [2.45, 2.75) is 59.4 Å². The first kappa shape index (κ1) is 21.4. The van der Waals surface area contributed by atoms with Crippen LogP contribution in [0, 0.1) is 13.8 Å². The van der Waals surface area contributed by atoms with Gasteiger partial charge >= 0.3 is 0 Å². The lowest BCUT2D eigenvalue weighted by Crippen LogP contribution is -2.44. The standard InChI is InChI=1S/C29H30N2O2/c1-6-8-13-31-18(5)25(21-15-19(7-2)10-12-23(21)31)27-28(32)26(29(27)33)24-17(4)30-22-11-9-16(3)14-20(22)24/h9-12,14-15,27,30H,4,6-8,13H2,1-3,5H3. The number of fused-ring (bicyclic) bond motifs is 2. The molecule has 1 N–H and O–H groups in total. The monoisotopic (exact) mass is 438 g/mol. The van der Waals surface area contributed by atoms with Crippen LogP contribution in [0.15, 0.2) is 36.4 Å². The highest BCUT2D eigenvalue weighted by Gasteiger charge is 2.48. The topological polar surface area (TPSA) is 54.9 Å². The molecule has 0 bridgehead atoms. The predicted molar refractivity (Wildman–Crippen MR) is 135 cm³/mol. The second-order valence-corrected chi connectivity index (χ2v) is 9.27. The minimum atomic E-state index is -0.730. The number of benzene rings is 2. The molecule has 0 unspecified atom stereocenters. The van der Waals surface area contributed by atoms with Gasteiger partial charge in [-0.1, -0.05) is 44.5 Å². The van der Waals surface area contributed by atoms with Gasteiger partial charge in [0.25, 0.3) is 0 Å². The van der Waals surface area contributed by atoms with E-state index in [0.717, 1.165) is 64.4 Å². The molecular weight excluding hydrogens is 408 g/mol. The Hall–Kier alpha value is -3.40. The van der Waals surface area contributed by atoms with Crippen LogP contribution >= 0.6 is 0 Å². The van der Waals surface area contributed by atoms with Crippen molar-refractivity contribution >= 4 is 45.5 Å². The van der Waals surface area contributed by atoms with Gasteiger partial charge in [0, 0.05) is 44.6 Å². The Kier molecular flexibility index (Phi) is 5.12. The number of Topliss-reactive ketones (excluding diaryl/α,β-unsaturated/α-hetero) is 2. The van der Waals surface area contributed by atoms with E-state index in [1.165, 1.54) is 5.56 Å². The van der Waals surface area contributed by atoms with Gasteiger partial charge in [0.1, 0.15) is 5.92 Å². The number of aromatic nitrogens is 2. The van der Waals surface area contributed by atoms with Crippen LogP contribution < -0.4 is 10.6 Å². The molecule has 1 fully saturated rings. The van der Waals surface area contributed by atoms with Crippen molar-refractivity contribution in [2.75, 3.05) is 0 Å². The molecule has 4 nitrogen and oxygen atoms in total. The van der Waals surface area contributed by atoms with E-state index >= 15 is 0 Å². The number of carbonyl (C=O) groups excluding carboxylic acids is 2. The van der Waals surface area contributed by atoms with Crippen molar-refractivity contribution in [2.24, 2.45) is 0 Å². The summed E-state index contributed by atoms with van der Waals surface area (Å²) in [5.41, 5.74) is 6.52. The SMILES string of the molecule is C=c1[nH]c2ccc(C)cc2c1=C1C(=O)C(c2c(C)n(CCCC)c3ccc(CC)cc23)C1=O. The summed E-state index contributed by atoms with van der Waals surface area (Å²) in [5.74, 6) is -0.912. The van der Waals surface area contributed by atoms with E-state index < -0.39 is 5.92 Å². The molecule has 0 spiro atoms. The molecule has 2 aromatic heterocycles. The molecule has 5 rings (SSSR count). The summed E-state index contributed by atoms with van der Waals surface area (Å²) in [6.45, 7) is 13.4. The van der Waals surface area contributed by atoms with Crippen LogP contribution in [0.25, 0.3) is 34.0 Å². The third kappa shape index (κ3) is 3.12. The van der Waals surface area contributed by atoms with Crippen molar-refractivity contribution in [3.63, 3.8) is 0 Å². The number of hydrogen-bond donors (Lipinski definition) is 1. The second-order valence-electron chi connectivity index (χ2n) is 9.27. The van der Waals surface area contributed by atoms with Gasteiger partial charge in [0.05, 0.1) is 5.57 Å². The van der Waals surface area contributed by atoms with Crippen LogP contribution in [0.2, 0.25) is 0 Å². The Morgan fingerprint density at radius 3 is 2.45 bits per heavy atom. The Balaban J connectivity index is 1.72. The summed E-state index contributed by atoms with van der Waals surface area (Å²) in [5, 5.41) is 3.23. The number of hydrogen-bond acceptors (Lipinski definition) is 2. The fourth-order valence-corrected chi connectivity index (χ4v) is 5.35. The Bertz CT molecular complexity index is 1550. The number of ketones is 2. The Morgan fingerprint density at radius 2 is 1.76 bits per heavy atom. The highest BCUT2D eigenvalue weighted by atomic mass is 16.2. The molecule has 4 aromatic rings. The lowest BCUT2D eigenvalue weighted by atomic mass is 9.71. The van der Waals surface area contributed by atoms with Crippen molar-refractivity contribution in [3.05, 3.63) is 69.4 Å². The van der Waals surface area contributed by atoms with Crippen molar-refractivity contribution in [3.8, 4) is 0 Å². The minimum absolute atomic E-state index is 0.0909. The number of nitrogens with zero attached hydrogens (tertiary/aromatic N) is 1. The smallest absolute Gasteiger partial charge is 0.182 e. The maximum absolute atomic E-state index is 13.6. The number of nitrogens with one attached hydrogen (secondary N) is 1. The first-order valence-corrected chi connectivity index (χ1v) is 11.9. The van der Waals surface area contributed by atoms with E-state index in [4.69, 9.17) is 0 Å². The van der Waals surface area contributed by atoms with Gasteiger partial charge in [-0.3, -0.25) is 9.59 Å². The number of carbonyl (C=O) groups is 2. The van der Waals surface area contributed by atoms with Crippen LogP contribution in [0.1, 0.15) is 55.0 Å². The number of aryl methyl sites for hydroxylation is 3. The molecule has 33 heavy (non-hydrogen) atoms. The van der Waals surface area contributed by atoms with Gasteiger partial charge in [0.15, 0.2) is 11.6 Å². The largest absolute Gasteiger partial charge is 0.355 e. The molecule has 1 aliphatic carbocycles. The van der Waals surface area contributed by atoms with Crippen LogP contribution in [-0.4, -0.2) is 21.1 Å². The third-order valence-electron chi connectivity index (χ3n) is 7.17. The average molecular weight is 439 g/mol. The van der Waals surface area contributed by atoms with Gasteiger partial charge in [-0.15, -0.1) is 0 Å². The highest BCUT2D eigenvalue weighted by Crippen LogP contribution is 2.41. The van der Waals surface area contributed by atoms with Gasteiger partial charge in [-0.25, -0.2) is 0 Å². The summed E-state index contributed by atoms with van der Waals surface area (Å²) in [6, 6.07) is 12.5. The molecule has 1 saturated carbocycles. The molecule has 168 valence electrons. The van der Waals surface area contributed by atoms with E-state index in [2.05, 4.69) is 55.1 Å². The van der Waals surface area contributed by atoms with Crippen molar-refractivity contribution < 1.29 is 9.59 Å².